The molecule has 3 heterocycles. The van der Waals surface area contributed by atoms with E-state index in [1.807, 2.05) is 0 Å². The van der Waals surface area contributed by atoms with Crippen molar-refractivity contribution in [1.82, 2.24) is 19.3 Å². The molecule has 0 fully saturated rings. The van der Waals surface area contributed by atoms with E-state index in [4.69, 9.17) is 0 Å². The molecule has 1 atom stereocenters. The summed E-state index contributed by atoms with van der Waals surface area (Å²) in [6, 6.07) is 10.1. The summed E-state index contributed by atoms with van der Waals surface area (Å²) < 4.78 is 81.2. The largest absolute Gasteiger partial charge is 0.404 e. The summed E-state index contributed by atoms with van der Waals surface area (Å²) in [6.45, 7) is 2.48. The Labute approximate surface area is 204 Å². The van der Waals surface area contributed by atoms with Crippen molar-refractivity contribution in [2.45, 2.75) is 37.4 Å². The SMILES string of the molecule is CCc1cc2c(cc1F)c(C#N)c(-c1ccc(S(=O)(=O)N[C@H](C)C(F)(F)F)cn1)n2-c1ccccn1. The molecule has 0 aliphatic heterocycles. The molecule has 0 saturated carbocycles. The van der Waals surface area contributed by atoms with Gasteiger partial charge in [0.05, 0.1) is 22.5 Å². The Bertz CT molecular complexity index is 1580. The number of benzene rings is 1. The summed E-state index contributed by atoms with van der Waals surface area (Å²) in [7, 11) is -4.53. The van der Waals surface area contributed by atoms with Crippen LogP contribution < -0.4 is 4.72 Å². The predicted molar refractivity (Wildman–Crippen MR) is 124 cm³/mol. The fourth-order valence-corrected chi connectivity index (χ4v) is 4.92. The fourth-order valence-electron chi connectivity index (χ4n) is 3.75. The highest BCUT2D eigenvalue weighted by molar-refractivity contribution is 7.89. The van der Waals surface area contributed by atoms with E-state index in [0.29, 0.717) is 35.6 Å². The number of rotatable bonds is 6. The maximum atomic E-state index is 14.7. The average Bonchev–Trinajstić information content (AvgIpc) is 3.16. The van der Waals surface area contributed by atoms with Gasteiger partial charge in [-0.1, -0.05) is 13.0 Å². The normalized spacial score (nSPS) is 13.0. The van der Waals surface area contributed by atoms with Crippen molar-refractivity contribution < 1.29 is 26.0 Å². The molecule has 0 bridgehead atoms. The van der Waals surface area contributed by atoms with Crippen molar-refractivity contribution in [1.29, 1.82) is 5.26 Å². The first-order valence-electron chi connectivity index (χ1n) is 10.7. The Morgan fingerprint density at radius 2 is 1.92 bits per heavy atom. The summed E-state index contributed by atoms with van der Waals surface area (Å²) in [4.78, 5) is 8.00. The summed E-state index contributed by atoms with van der Waals surface area (Å²) in [5.41, 5.74) is 1.39. The number of nitriles is 1. The van der Waals surface area contributed by atoms with Crippen LogP contribution in [0.3, 0.4) is 0 Å². The van der Waals surface area contributed by atoms with Gasteiger partial charge in [-0.15, -0.1) is 0 Å². The molecule has 4 aromatic rings. The van der Waals surface area contributed by atoms with Crippen molar-refractivity contribution in [2.75, 3.05) is 0 Å². The number of nitrogens with zero attached hydrogens (tertiary/aromatic N) is 4. The number of aromatic nitrogens is 3. The van der Waals surface area contributed by atoms with Crippen molar-refractivity contribution in [3.8, 4) is 23.3 Å². The minimum absolute atomic E-state index is 0.0872. The highest BCUT2D eigenvalue weighted by Gasteiger charge is 2.39. The Morgan fingerprint density at radius 3 is 2.47 bits per heavy atom. The first kappa shape index (κ1) is 25.3. The third-order valence-corrected chi connectivity index (χ3v) is 7.14. The van der Waals surface area contributed by atoms with Gasteiger partial charge in [-0.25, -0.2) is 17.8 Å². The summed E-state index contributed by atoms with van der Waals surface area (Å²) in [5, 5.41) is 10.3. The molecule has 0 aliphatic rings. The lowest BCUT2D eigenvalue weighted by molar-refractivity contribution is -0.147. The van der Waals surface area contributed by atoms with E-state index in [1.165, 1.54) is 18.3 Å². The van der Waals surface area contributed by atoms with Crippen LogP contribution in [0.25, 0.3) is 28.1 Å². The number of hydrogen-bond acceptors (Lipinski definition) is 5. The van der Waals surface area contributed by atoms with E-state index < -0.39 is 33.0 Å². The van der Waals surface area contributed by atoms with E-state index in [0.717, 1.165) is 12.3 Å². The van der Waals surface area contributed by atoms with Gasteiger partial charge >= 0.3 is 6.18 Å². The first-order chi connectivity index (χ1) is 17.0. The molecule has 0 radical (unpaired) electrons. The number of fused-ring (bicyclic) bond motifs is 1. The standard InChI is InChI=1S/C24H19F4N5O2S/c1-3-15-10-21-17(11-19(15)25)18(12-29)23(33(21)22-6-4-5-9-30-22)20-8-7-16(13-31-20)36(34,35)32-14(2)24(26,27)28/h4-11,13-14,32H,3H2,1-2H3/t14-/m1/s1. The molecule has 1 N–H and O–H groups in total. The van der Waals surface area contributed by atoms with Gasteiger partial charge < -0.3 is 0 Å². The average molecular weight is 518 g/mol. The van der Waals surface area contributed by atoms with E-state index in [2.05, 4.69) is 16.0 Å². The number of sulfonamides is 1. The lowest BCUT2D eigenvalue weighted by Gasteiger charge is -2.17. The summed E-state index contributed by atoms with van der Waals surface area (Å²) in [6.07, 6.45) is -1.92. The van der Waals surface area contributed by atoms with Gasteiger partial charge in [-0.3, -0.25) is 9.55 Å². The van der Waals surface area contributed by atoms with Crippen molar-refractivity contribution in [2.24, 2.45) is 0 Å². The molecule has 7 nitrogen and oxygen atoms in total. The Kier molecular flexibility index (Phi) is 6.55. The Hall–Kier alpha value is -3.82. The lowest BCUT2D eigenvalue weighted by atomic mass is 10.1. The van der Waals surface area contributed by atoms with Crippen LogP contribution in [0.2, 0.25) is 0 Å². The maximum Gasteiger partial charge on any atom is 0.404 e. The maximum absolute atomic E-state index is 14.7. The van der Waals surface area contributed by atoms with Crippen molar-refractivity contribution >= 4 is 20.9 Å². The first-order valence-corrected chi connectivity index (χ1v) is 12.2. The second-order valence-electron chi connectivity index (χ2n) is 7.94. The monoisotopic (exact) mass is 517 g/mol. The van der Waals surface area contributed by atoms with Crippen LogP contribution in [-0.4, -0.2) is 35.2 Å². The van der Waals surface area contributed by atoms with Crippen LogP contribution in [0.1, 0.15) is 25.0 Å². The number of alkyl halides is 3. The van der Waals surface area contributed by atoms with Crippen LogP contribution in [0.15, 0.2) is 59.8 Å². The van der Waals surface area contributed by atoms with Crippen LogP contribution in [-0.2, 0) is 16.4 Å². The minimum atomic E-state index is -4.77. The van der Waals surface area contributed by atoms with Crippen LogP contribution in [0.5, 0.6) is 0 Å². The smallest absolute Gasteiger partial charge is 0.291 e. The molecule has 0 spiro atoms. The zero-order valence-electron chi connectivity index (χ0n) is 19.0. The van der Waals surface area contributed by atoms with E-state index in [1.54, 1.807) is 40.5 Å². The molecule has 36 heavy (non-hydrogen) atoms. The molecule has 12 heteroatoms. The second-order valence-corrected chi connectivity index (χ2v) is 9.65. The predicted octanol–water partition coefficient (Wildman–Crippen LogP) is 4.89. The van der Waals surface area contributed by atoms with E-state index >= 15 is 0 Å². The lowest BCUT2D eigenvalue weighted by Crippen LogP contribution is -2.42. The molecule has 3 aromatic heterocycles. The molecule has 4 rings (SSSR count). The molecule has 0 amide bonds. The molecule has 0 aliphatic carbocycles. The number of hydrogen-bond donors (Lipinski definition) is 1. The quantitative estimate of drug-likeness (QED) is 0.367. The molecular weight excluding hydrogens is 498 g/mol. The Morgan fingerprint density at radius 1 is 1.17 bits per heavy atom. The second kappa shape index (κ2) is 9.33. The van der Waals surface area contributed by atoms with Gasteiger partial charge in [0.25, 0.3) is 0 Å². The van der Waals surface area contributed by atoms with Crippen LogP contribution >= 0.6 is 0 Å². The fraction of sp³-hybridized carbons (Fsp3) is 0.208. The molecule has 0 unspecified atom stereocenters. The summed E-state index contributed by atoms with van der Waals surface area (Å²) in [5.74, 6) is -0.0719. The minimum Gasteiger partial charge on any atom is -0.291 e. The third kappa shape index (κ3) is 4.55. The molecule has 0 saturated heterocycles. The topological polar surface area (TPSA) is 101 Å². The number of aryl methyl sites for hydroxylation is 1. The van der Waals surface area contributed by atoms with Gasteiger partial charge in [-0.2, -0.15) is 23.2 Å². The Balaban J connectivity index is 1.91. The molecular formula is C24H19F4N5O2S. The van der Waals surface area contributed by atoms with Crippen molar-refractivity contribution in [3.63, 3.8) is 0 Å². The highest BCUT2D eigenvalue weighted by Crippen LogP contribution is 2.36. The van der Waals surface area contributed by atoms with Crippen LogP contribution in [0, 0.1) is 17.1 Å². The number of nitrogens with one attached hydrogen (secondary N) is 1. The zero-order valence-corrected chi connectivity index (χ0v) is 19.8. The van der Waals surface area contributed by atoms with Gasteiger partial charge in [0, 0.05) is 17.8 Å². The van der Waals surface area contributed by atoms with Crippen LogP contribution in [0.4, 0.5) is 17.6 Å². The molecule has 186 valence electrons. The van der Waals surface area contributed by atoms with E-state index in [-0.39, 0.29) is 17.0 Å². The summed E-state index contributed by atoms with van der Waals surface area (Å²) >= 11 is 0. The van der Waals surface area contributed by atoms with Gasteiger partial charge in [-0.05, 0) is 55.3 Å². The van der Waals surface area contributed by atoms with E-state index in [9.17, 15) is 31.2 Å². The highest BCUT2D eigenvalue weighted by atomic mass is 32.2. The zero-order chi connectivity index (χ0) is 26.3. The number of halogens is 4. The number of pyridine rings is 2. The van der Waals surface area contributed by atoms with Crippen molar-refractivity contribution in [3.05, 3.63) is 71.8 Å². The third-order valence-electron chi connectivity index (χ3n) is 5.62. The van der Waals surface area contributed by atoms with Gasteiger partial charge in [0.15, 0.2) is 0 Å². The molecule has 1 aromatic carbocycles. The van der Waals surface area contributed by atoms with Gasteiger partial charge in [0.2, 0.25) is 10.0 Å². The van der Waals surface area contributed by atoms with Gasteiger partial charge in [0.1, 0.15) is 28.6 Å².